The molecule has 0 fully saturated rings. The summed E-state index contributed by atoms with van der Waals surface area (Å²) >= 11 is 0. The van der Waals surface area contributed by atoms with Crippen LogP contribution in [0.5, 0.6) is 0 Å². The molecule has 1 nitrogen and oxygen atoms in total. The molecule has 0 bridgehead atoms. The van der Waals surface area contributed by atoms with Crippen LogP contribution in [0.4, 0.5) is 5.69 Å². The fourth-order valence-corrected chi connectivity index (χ4v) is 2.00. The maximum Gasteiger partial charge on any atom is 0.0375 e. The Bertz CT molecular complexity index is 304. The van der Waals surface area contributed by atoms with Gasteiger partial charge in [-0.3, -0.25) is 0 Å². The molecule has 1 aliphatic heterocycles. The van der Waals surface area contributed by atoms with Gasteiger partial charge in [0, 0.05) is 12.2 Å². The molecule has 1 unspecified atom stereocenters. The topological polar surface area (TPSA) is 12.0 Å². The van der Waals surface area contributed by atoms with Gasteiger partial charge in [0.15, 0.2) is 0 Å². The van der Waals surface area contributed by atoms with E-state index in [-0.39, 0.29) is 0 Å². The highest BCUT2D eigenvalue weighted by atomic mass is 14.9. The number of benzene rings is 1. The van der Waals surface area contributed by atoms with Gasteiger partial charge in [-0.05, 0) is 30.4 Å². The molecule has 0 amide bonds. The van der Waals surface area contributed by atoms with E-state index in [1.807, 2.05) is 6.08 Å². The standard InChI is InChI=1S/C12H15N/c1-2-5-10-8-9-13-12-7-4-3-6-11(10)12/h2-4,6-7,10,13H,1,5,8-9H2. The van der Waals surface area contributed by atoms with Crippen LogP contribution in [0.1, 0.15) is 24.3 Å². The molecule has 1 heterocycles. The number of nitrogens with one attached hydrogen (secondary N) is 1. The average Bonchev–Trinajstić information content (AvgIpc) is 2.19. The first-order chi connectivity index (χ1) is 6.42. The van der Waals surface area contributed by atoms with E-state index in [2.05, 4.69) is 36.2 Å². The monoisotopic (exact) mass is 173 g/mol. The largest absolute Gasteiger partial charge is 0.385 e. The summed E-state index contributed by atoms with van der Waals surface area (Å²) in [5, 5.41) is 3.42. The molecular formula is C12H15N. The SMILES string of the molecule is C=CCC1CCNc2ccccc21. The third kappa shape index (κ3) is 1.59. The van der Waals surface area contributed by atoms with Crippen molar-refractivity contribution in [3.05, 3.63) is 42.5 Å². The molecule has 0 saturated heterocycles. The van der Waals surface area contributed by atoms with E-state index >= 15 is 0 Å². The zero-order chi connectivity index (χ0) is 9.10. The van der Waals surface area contributed by atoms with Crippen LogP contribution in [0.25, 0.3) is 0 Å². The van der Waals surface area contributed by atoms with Gasteiger partial charge in [-0.25, -0.2) is 0 Å². The highest BCUT2D eigenvalue weighted by molar-refractivity contribution is 5.54. The lowest BCUT2D eigenvalue weighted by Gasteiger charge is -2.25. The Labute approximate surface area is 79.5 Å². The molecule has 0 aliphatic carbocycles. The van der Waals surface area contributed by atoms with Gasteiger partial charge in [-0.15, -0.1) is 6.58 Å². The Hall–Kier alpha value is -1.24. The highest BCUT2D eigenvalue weighted by Gasteiger charge is 2.17. The summed E-state index contributed by atoms with van der Waals surface area (Å²) in [5.74, 6) is 0.676. The lowest BCUT2D eigenvalue weighted by molar-refractivity contribution is 0.636. The van der Waals surface area contributed by atoms with Crippen LogP contribution in [0.3, 0.4) is 0 Å². The van der Waals surface area contributed by atoms with Crippen LogP contribution in [-0.4, -0.2) is 6.54 Å². The minimum Gasteiger partial charge on any atom is -0.385 e. The molecule has 1 N–H and O–H groups in total. The maximum absolute atomic E-state index is 3.81. The number of para-hydroxylation sites is 1. The van der Waals surface area contributed by atoms with E-state index in [0.29, 0.717) is 5.92 Å². The molecule has 0 radical (unpaired) electrons. The van der Waals surface area contributed by atoms with Crippen molar-refractivity contribution >= 4 is 5.69 Å². The second-order valence-corrected chi connectivity index (χ2v) is 3.52. The van der Waals surface area contributed by atoms with Crippen LogP contribution in [-0.2, 0) is 0 Å². The lowest BCUT2D eigenvalue weighted by Crippen LogP contribution is -2.16. The van der Waals surface area contributed by atoms with E-state index in [9.17, 15) is 0 Å². The first-order valence-electron chi connectivity index (χ1n) is 4.85. The van der Waals surface area contributed by atoms with Gasteiger partial charge in [0.05, 0.1) is 0 Å². The Morgan fingerprint density at radius 1 is 1.46 bits per heavy atom. The third-order valence-corrected chi connectivity index (χ3v) is 2.66. The molecule has 2 rings (SSSR count). The van der Waals surface area contributed by atoms with Gasteiger partial charge in [0.1, 0.15) is 0 Å². The second kappa shape index (κ2) is 3.65. The number of hydrogen-bond donors (Lipinski definition) is 1. The summed E-state index contributed by atoms with van der Waals surface area (Å²) in [6, 6.07) is 8.57. The summed E-state index contributed by atoms with van der Waals surface area (Å²) < 4.78 is 0. The fourth-order valence-electron chi connectivity index (χ4n) is 2.00. The van der Waals surface area contributed by atoms with Crippen molar-refractivity contribution in [3.8, 4) is 0 Å². The maximum atomic E-state index is 3.81. The summed E-state index contributed by atoms with van der Waals surface area (Å²) in [4.78, 5) is 0. The second-order valence-electron chi connectivity index (χ2n) is 3.52. The Morgan fingerprint density at radius 2 is 2.31 bits per heavy atom. The lowest BCUT2D eigenvalue weighted by atomic mass is 9.88. The quantitative estimate of drug-likeness (QED) is 0.677. The van der Waals surface area contributed by atoms with E-state index in [1.54, 1.807) is 0 Å². The van der Waals surface area contributed by atoms with E-state index < -0.39 is 0 Å². The van der Waals surface area contributed by atoms with Gasteiger partial charge in [-0.2, -0.15) is 0 Å². The van der Waals surface area contributed by atoms with Crippen molar-refractivity contribution in [2.75, 3.05) is 11.9 Å². The molecule has 13 heavy (non-hydrogen) atoms. The minimum absolute atomic E-state index is 0.676. The van der Waals surface area contributed by atoms with Crippen molar-refractivity contribution < 1.29 is 0 Å². The minimum atomic E-state index is 0.676. The predicted molar refractivity (Wildman–Crippen MR) is 57.1 cm³/mol. The summed E-state index contributed by atoms with van der Waals surface area (Å²) in [6.07, 6.45) is 4.34. The van der Waals surface area contributed by atoms with Gasteiger partial charge in [-0.1, -0.05) is 24.3 Å². The summed E-state index contributed by atoms with van der Waals surface area (Å²) in [6.45, 7) is 4.90. The fraction of sp³-hybridized carbons (Fsp3) is 0.333. The number of rotatable bonds is 2. The molecule has 0 saturated carbocycles. The molecule has 1 heteroatoms. The predicted octanol–water partition coefficient (Wildman–Crippen LogP) is 3.16. The summed E-state index contributed by atoms with van der Waals surface area (Å²) in [7, 11) is 0. The molecule has 0 aromatic heterocycles. The molecule has 1 aromatic carbocycles. The summed E-state index contributed by atoms with van der Waals surface area (Å²) in [5.41, 5.74) is 2.76. The smallest absolute Gasteiger partial charge is 0.0375 e. The molecule has 0 spiro atoms. The molecular weight excluding hydrogens is 158 g/mol. The van der Waals surface area contributed by atoms with Crippen molar-refractivity contribution in [2.24, 2.45) is 0 Å². The zero-order valence-electron chi connectivity index (χ0n) is 7.79. The third-order valence-electron chi connectivity index (χ3n) is 2.66. The van der Waals surface area contributed by atoms with Gasteiger partial charge in [0.25, 0.3) is 0 Å². The van der Waals surface area contributed by atoms with Gasteiger partial charge >= 0.3 is 0 Å². The van der Waals surface area contributed by atoms with Crippen molar-refractivity contribution in [1.82, 2.24) is 0 Å². The van der Waals surface area contributed by atoms with Crippen molar-refractivity contribution in [1.29, 1.82) is 0 Å². The van der Waals surface area contributed by atoms with Gasteiger partial charge in [0.2, 0.25) is 0 Å². The van der Waals surface area contributed by atoms with Crippen LogP contribution in [0.2, 0.25) is 0 Å². The van der Waals surface area contributed by atoms with Crippen molar-refractivity contribution in [2.45, 2.75) is 18.8 Å². The molecule has 68 valence electrons. The van der Waals surface area contributed by atoms with E-state index in [1.165, 1.54) is 17.7 Å². The Balaban J connectivity index is 2.31. The highest BCUT2D eigenvalue weighted by Crippen LogP contribution is 2.33. The first kappa shape index (κ1) is 8.36. The molecule has 1 atom stereocenters. The molecule has 1 aliphatic rings. The van der Waals surface area contributed by atoms with Gasteiger partial charge < -0.3 is 5.32 Å². The normalized spacial score (nSPS) is 20.2. The Kier molecular flexibility index (Phi) is 2.35. The Morgan fingerprint density at radius 3 is 3.15 bits per heavy atom. The zero-order valence-corrected chi connectivity index (χ0v) is 7.79. The number of hydrogen-bond acceptors (Lipinski definition) is 1. The van der Waals surface area contributed by atoms with E-state index in [4.69, 9.17) is 0 Å². The van der Waals surface area contributed by atoms with Crippen LogP contribution < -0.4 is 5.32 Å². The number of anilines is 1. The number of allylic oxidation sites excluding steroid dienone is 1. The van der Waals surface area contributed by atoms with E-state index in [0.717, 1.165) is 13.0 Å². The van der Waals surface area contributed by atoms with Crippen LogP contribution >= 0.6 is 0 Å². The van der Waals surface area contributed by atoms with Crippen LogP contribution in [0, 0.1) is 0 Å². The first-order valence-corrected chi connectivity index (χ1v) is 4.85. The molecule has 1 aromatic rings. The number of fused-ring (bicyclic) bond motifs is 1. The average molecular weight is 173 g/mol. The van der Waals surface area contributed by atoms with Crippen molar-refractivity contribution in [3.63, 3.8) is 0 Å². The van der Waals surface area contributed by atoms with Crippen LogP contribution in [0.15, 0.2) is 36.9 Å².